The van der Waals surface area contributed by atoms with Gasteiger partial charge < -0.3 is 10.8 Å². The van der Waals surface area contributed by atoms with E-state index in [1.54, 1.807) is 0 Å². The highest BCUT2D eigenvalue weighted by molar-refractivity contribution is 5.03. The van der Waals surface area contributed by atoms with E-state index < -0.39 is 5.60 Å². The van der Waals surface area contributed by atoms with Gasteiger partial charge in [0.2, 0.25) is 0 Å². The Morgan fingerprint density at radius 3 is 2.69 bits per heavy atom. The summed E-state index contributed by atoms with van der Waals surface area (Å²) in [5.74, 6) is 0.281. The Hall–Kier alpha value is -0.120. The van der Waals surface area contributed by atoms with Gasteiger partial charge in [-0.1, -0.05) is 13.3 Å². The molecular formula is C13H26N2O. The predicted molar refractivity (Wildman–Crippen MR) is 66.2 cm³/mol. The van der Waals surface area contributed by atoms with Gasteiger partial charge in [-0.15, -0.1) is 0 Å². The molecule has 1 aliphatic heterocycles. The molecule has 1 aliphatic carbocycles. The highest BCUT2D eigenvalue weighted by Gasteiger charge is 2.48. The lowest BCUT2D eigenvalue weighted by atomic mass is 9.82. The first-order valence-corrected chi connectivity index (χ1v) is 6.79. The van der Waals surface area contributed by atoms with Crippen LogP contribution in [-0.2, 0) is 0 Å². The average Bonchev–Trinajstić information content (AvgIpc) is 3.02. The second-order valence-corrected chi connectivity index (χ2v) is 5.78. The van der Waals surface area contributed by atoms with E-state index in [-0.39, 0.29) is 5.92 Å². The number of β-amino-alcohol motifs (C(OH)–C–C–N with tert-alkyl or cyclic N) is 1. The first kappa shape index (κ1) is 12.3. The van der Waals surface area contributed by atoms with Crippen molar-refractivity contribution < 1.29 is 5.11 Å². The minimum absolute atomic E-state index is 0.281. The van der Waals surface area contributed by atoms with Crippen LogP contribution in [0.2, 0.25) is 0 Å². The molecule has 0 radical (unpaired) electrons. The summed E-state index contributed by atoms with van der Waals surface area (Å²) in [7, 11) is 0. The van der Waals surface area contributed by atoms with Gasteiger partial charge in [-0.25, -0.2) is 0 Å². The summed E-state index contributed by atoms with van der Waals surface area (Å²) < 4.78 is 0. The molecule has 0 spiro atoms. The van der Waals surface area contributed by atoms with Gasteiger partial charge >= 0.3 is 0 Å². The van der Waals surface area contributed by atoms with E-state index in [2.05, 4.69) is 18.7 Å². The molecule has 0 aromatic heterocycles. The Morgan fingerprint density at radius 1 is 1.50 bits per heavy atom. The van der Waals surface area contributed by atoms with Crippen LogP contribution in [0.5, 0.6) is 0 Å². The highest BCUT2D eigenvalue weighted by atomic mass is 16.3. The SMILES string of the molecule is CCCC(CN)C1(O)CC(C)N(C2CC2)C1. The molecular weight excluding hydrogens is 200 g/mol. The van der Waals surface area contributed by atoms with E-state index in [0.717, 1.165) is 31.8 Å². The molecule has 3 nitrogen and oxygen atoms in total. The molecule has 2 fully saturated rings. The van der Waals surface area contributed by atoms with Crippen molar-refractivity contribution in [3.8, 4) is 0 Å². The first-order valence-electron chi connectivity index (χ1n) is 6.79. The fraction of sp³-hybridized carbons (Fsp3) is 1.00. The summed E-state index contributed by atoms with van der Waals surface area (Å²) in [4.78, 5) is 2.50. The van der Waals surface area contributed by atoms with E-state index in [1.807, 2.05) is 0 Å². The van der Waals surface area contributed by atoms with Gasteiger partial charge in [0.05, 0.1) is 5.60 Å². The van der Waals surface area contributed by atoms with Crippen molar-refractivity contribution in [2.45, 2.75) is 63.6 Å². The van der Waals surface area contributed by atoms with Gasteiger partial charge in [0.1, 0.15) is 0 Å². The third-order valence-electron chi connectivity index (χ3n) is 4.37. The van der Waals surface area contributed by atoms with Gasteiger partial charge in [0.25, 0.3) is 0 Å². The number of hydrogen-bond acceptors (Lipinski definition) is 3. The van der Waals surface area contributed by atoms with Crippen molar-refractivity contribution in [1.29, 1.82) is 0 Å². The maximum absolute atomic E-state index is 10.8. The molecule has 0 bridgehead atoms. The zero-order valence-corrected chi connectivity index (χ0v) is 10.7. The third-order valence-corrected chi connectivity index (χ3v) is 4.37. The number of hydrogen-bond donors (Lipinski definition) is 2. The molecule has 94 valence electrons. The van der Waals surface area contributed by atoms with Crippen molar-refractivity contribution in [3.63, 3.8) is 0 Å². The lowest BCUT2D eigenvalue weighted by molar-refractivity contribution is -0.0101. The maximum atomic E-state index is 10.8. The highest BCUT2D eigenvalue weighted by Crippen LogP contribution is 2.40. The minimum atomic E-state index is -0.521. The second kappa shape index (κ2) is 4.63. The van der Waals surface area contributed by atoms with Crippen LogP contribution < -0.4 is 5.73 Å². The smallest absolute Gasteiger partial charge is 0.0829 e. The van der Waals surface area contributed by atoms with Crippen LogP contribution in [-0.4, -0.2) is 40.8 Å². The molecule has 0 aromatic rings. The molecule has 0 amide bonds. The molecule has 2 rings (SSSR count). The van der Waals surface area contributed by atoms with Crippen LogP contribution in [0.4, 0.5) is 0 Å². The van der Waals surface area contributed by atoms with Crippen molar-refractivity contribution in [2.75, 3.05) is 13.1 Å². The number of rotatable bonds is 5. The van der Waals surface area contributed by atoms with E-state index >= 15 is 0 Å². The monoisotopic (exact) mass is 226 g/mol. The van der Waals surface area contributed by atoms with Crippen LogP contribution in [0.25, 0.3) is 0 Å². The standard InChI is InChI=1S/C13H26N2O/c1-3-4-11(8-14)13(16)7-10(2)15(9-13)12-5-6-12/h10-12,16H,3-9,14H2,1-2H3. The predicted octanol–water partition coefficient (Wildman–Crippen LogP) is 1.35. The number of nitrogens with two attached hydrogens (primary N) is 1. The lowest BCUT2D eigenvalue weighted by Crippen LogP contribution is -2.44. The quantitative estimate of drug-likeness (QED) is 0.744. The van der Waals surface area contributed by atoms with Crippen molar-refractivity contribution in [1.82, 2.24) is 4.90 Å². The second-order valence-electron chi connectivity index (χ2n) is 5.78. The maximum Gasteiger partial charge on any atom is 0.0829 e. The van der Waals surface area contributed by atoms with Gasteiger partial charge in [0.15, 0.2) is 0 Å². The van der Waals surface area contributed by atoms with Gasteiger partial charge in [-0.05, 0) is 39.2 Å². The molecule has 3 heteroatoms. The van der Waals surface area contributed by atoms with E-state index in [9.17, 15) is 5.11 Å². The van der Waals surface area contributed by atoms with Crippen molar-refractivity contribution >= 4 is 0 Å². The molecule has 1 saturated heterocycles. The van der Waals surface area contributed by atoms with Crippen LogP contribution in [0.1, 0.15) is 46.0 Å². The third kappa shape index (κ3) is 2.27. The summed E-state index contributed by atoms with van der Waals surface area (Å²) >= 11 is 0. The molecule has 0 aromatic carbocycles. The van der Waals surface area contributed by atoms with Crippen LogP contribution in [0, 0.1) is 5.92 Å². The minimum Gasteiger partial charge on any atom is -0.388 e. The van der Waals surface area contributed by atoms with E-state index in [4.69, 9.17) is 5.73 Å². The molecule has 1 heterocycles. The van der Waals surface area contributed by atoms with Crippen LogP contribution in [0.3, 0.4) is 0 Å². The summed E-state index contributed by atoms with van der Waals surface area (Å²) in [6.45, 7) is 5.88. The van der Waals surface area contributed by atoms with Gasteiger partial charge in [-0.3, -0.25) is 4.90 Å². The zero-order valence-electron chi connectivity index (χ0n) is 10.7. The van der Waals surface area contributed by atoms with Gasteiger partial charge in [-0.2, -0.15) is 0 Å². The lowest BCUT2D eigenvalue weighted by Gasteiger charge is -2.32. The Labute approximate surface area is 99.0 Å². The number of nitrogens with zero attached hydrogens (tertiary/aromatic N) is 1. The van der Waals surface area contributed by atoms with E-state index in [1.165, 1.54) is 12.8 Å². The molecule has 16 heavy (non-hydrogen) atoms. The normalized spacial score (nSPS) is 37.9. The fourth-order valence-electron chi connectivity index (χ4n) is 3.31. The fourth-order valence-corrected chi connectivity index (χ4v) is 3.31. The zero-order chi connectivity index (χ0) is 11.8. The Morgan fingerprint density at radius 2 is 2.19 bits per heavy atom. The summed E-state index contributed by atoms with van der Waals surface area (Å²) in [6.07, 6.45) is 5.72. The van der Waals surface area contributed by atoms with E-state index in [0.29, 0.717) is 12.6 Å². The molecule has 2 aliphatic rings. The Kier molecular flexibility index (Phi) is 3.57. The van der Waals surface area contributed by atoms with Crippen molar-refractivity contribution in [3.05, 3.63) is 0 Å². The summed E-state index contributed by atoms with van der Waals surface area (Å²) in [5, 5.41) is 10.8. The largest absolute Gasteiger partial charge is 0.388 e. The van der Waals surface area contributed by atoms with Crippen LogP contribution >= 0.6 is 0 Å². The number of aliphatic hydroxyl groups is 1. The molecule has 1 saturated carbocycles. The molecule has 3 N–H and O–H groups in total. The number of likely N-dealkylation sites (tertiary alicyclic amines) is 1. The summed E-state index contributed by atoms with van der Waals surface area (Å²) in [6, 6.07) is 1.28. The van der Waals surface area contributed by atoms with Crippen LogP contribution in [0.15, 0.2) is 0 Å². The Bertz CT molecular complexity index is 242. The Balaban J connectivity index is 2.01. The van der Waals surface area contributed by atoms with Gasteiger partial charge in [0, 0.05) is 24.5 Å². The van der Waals surface area contributed by atoms with Crippen molar-refractivity contribution in [2.24, 2.45) is 11.7 Å². The topological polar surface area (TPSA) is 49.5 Å². The first-order chi connectivity index (χ1) is 7.60. The summed E-state index contributed by atoms with van der Waals surface area (Å²) in [5.41, 5.74) is 5.31. The average molecular weight is 226 g/mol. The molecule has 3 unspecified atom stereocenters. The molecule has 3 atom stereocenters.